The molecule has 0 aromatic heterocycles. The van der Waals surface area contributed by atoms with E-state index in [-0.39, 0.29) is 24.4 Å². The smallest absolute Gasteiger partial charge is 0.386 e. The van der Waals surface area contributed by atoms with Gasteiger partial charge in [-0.25, -0.2) is 0 Å². The number of hydrogen-bond acceptors (Lipinski definition) is 4. The molecule has 0 aliphatic rings. The van der Waals surface area contributed by atoms with Crippen molar-refractivity contribution in [3.05, 3.63) is 41.5 Å². The Morgan fingerprint density at radius 2 is 1.83 bits per heavy atom. The number of rotatable bonds is 9. The van der Waals surface area contributed by atoms with Crippen molar-refractivity contribution in [2.45, 2.75) is 58.0 Å². The summed E-state index contributed by atoms with van der Waals surface area (Å²) in [6, 6.07) is 4.34. The number of benzene rings is 1. The number of carbonyl (C=O) groups is 1. The molecule has 0 heterocycles. The normalized spacial score (nSPS) is 14.6. The van der Waals surface area contributed by atoms with E-state index in [1.165, 1.54) is 24.3 Å². The summed E-state index contributed by atoms with van der Waals surface area (Å²) in [5.41, 5.74) is -0.419. The Labute approximate surface area is 169 Å². The number of aliphatic hydroxyl groups is 1. The molecule has 3 N–H and O–H groups in total. The highest BCUT2D eigenvalue weighted by Gasteiger charge is 2.42. The molecular formula is C21H28F3N3O2. The standard InChI is InChI=1S/C21H28F3N3O2/c1-14(2)13-17(19(28)26-12-11-25)27-18(21(22,23)24)16-7-5-15(6-8-16)9-10-20(3,4)29/h5-10,14,17-18,27,29H,12-13H2,1-4H3,(H,26,28)/t17-,18-/m0/s1. The van der Waals surface area contributed by atoms with Crippen LogP contribution in [0.4, 0.5) is 13.2 Å². The minimum atomic E-state index is -4.62. The third kappa shape index (κ3) is 9.11. The van der Waals surface area contributed by atoms with Gasteiger partial charge in [-0.1, -0.05) is 50.3 Å². The summed E-state index contributed by atoms with van der Waals surface area (Å²) in [5.74, 6) is -0.664. The minimum Gasteiger partial charge on any atom is -0.386 e. The van der Waals surface area contributed by atoms with Crippen LogP contribution < -0.4 is 10.6 Å². The predicted molar refractivity (Wildman–Crippen MR) is 106 cm³/mol. The van der Waals surface area contributed by atoms with E-state index in [2.05, 4.69) is 10.6 Å². The first-order valence-electron chi connectivity index (χ1n) is 9.32. The highest BCUT2D eigenvalue weighted by molar-refractivity contribution is 5.82. The molecule has 0 saturated carbocycles. The summed E-state index contributed by atoms with van der Waals surface area (Å²) in [7, 11) is 0. The number of halogens is 3. The molecule has 5 nitrogen and oxygen atoms in total. The number of nitrogens with zero attached hydrogens (tertiary/aromatic N) is 1. The van der Waals surface area contributed by atoms with Gasteiger partial charge in [-0.3, -0.25) is 10.1 Å². The lowest BCUT2D eigenvalue weighted by Gasteiger charge is -2.28. The molecule has 1 aromatic carbocycles. The van der Waals surface area contributed by atoms with Gasteiger partial charge in [-0.2, -0.15) is 18.4 Å². The van der Waals surface area contributed by atoms with Crippen LogP contribution in [0.2, 0.25) is 0 Å². The lowest BCUT2D eigenvalue weighted by atomic mass is 9.98. The van der Waals surface area contributed by atoms with Crippen LogP contribution in [0.5, 0.6) is 0 Å². The zero-order chi connectivity index (χ0) is 22.2. The molecule has 29 heavy (non-hydrogen) atoms. The summed E-state index contributed by atoms with van der Waals surface area (Å²) in [6.45, 7) is 6.52. The van der Waals surface area contributed by atoms with Gasteiger partial charge in [-0.05, 0) is 37.3 Å². The van der Waals surface area contributed by atoms with Crippen molar-refractivity contribution in [3.8, 4) is 6.07 Å². The lowest BCUT2D eigenvalue weighted by Crippen LogP contribution is -2.49. The fraction of sp³-hybridized carbons (Fsp3) is 0.524. The van der Waals surface area contributed by atoms with Crippen molar-refractivity contribution in [3.63, 3.8) is 0 Å². The Morgan fingerprint density at radius 3 is 2.28 bits per heavy atom. The van der Waals surface area contributed by atoms with Crippen molar-refractivity contribution in [1.82, 2.24) is 10.6 Å². The monoisotopic (exact) mass is 411 g/mol. The third-order valence-corrected chi connectivity index (χ3v) is 4.01. The molecule has 0 aliphatic carbocycles. The van der Waals surface area contributed by atoms with Gasteiger partial charge in [0, 0.05) is 0 Å². The first kappa shape index (κ1) is 24.7. The van der Waals surface area contributed by atoms with Crippen LogP contribution >= 0.6 is 0 Å². The van der Waals surface area contributed by atoms with Crippen LogP contribution in [0.1, 0.15) is 51.3 Å². The summed E-state index contributed by atoms with van der Waals surface area (Å²) in [4.78, 5) is 12.2. The molecule has 0 radical (unpaired) electrons. The minimum absolute atomic E-state index is 0.0245. The second-order valence-electron chi connectivity index (χ2n) is 7.85. The molecule has 160 valence electrons. The zero-order valence-electron chi connectivity index (χ0n) is 17.0. The van der Waals surface area contributed by atoms with Crippen LogP contribution in [0.15, 0.2) is 30.3 Å². The summed E-state index contributed by atoms with van der Waals surface area (Å²) in [6.07, 6.45) is -1.26. The van der Waals surface area contributed by atoms with Gasteiger partial charge in [0.25, 0.3) is 0 Å². The molecule has 1 amide bonds. The molecule has 0 spiro atoms. The topological polar surface area (TPSA) is 85.2 Å². The van der Waals surface area contributed by atoms with Gasteiger partial charge < -0.3 is 10.4 Å². The van der Waals surface area contributed by atoms with Gasteiger partial charge in [0.05, 0.1) is 17.7 Å². The number of carbonyl (C=O) groups excluding carboxylic acids is 1. The van der Waals surface area contributed by atoms with E-state index in [4.69, 9.17) is 5.26 Å². The van der Waals surface area contributed by atoms with Gasteiger partial charge in [0.2, 0.25) is 5.91 Å². The molecule has 1 aromatic rings. The molecule has 0 unspecified atom stereocenters. The summed E-state index contributed by atoms with van der Waals surface area (Å²) < 4.78 is 41.2. The van der Waals surface area contributed by atoms with Crippen LogP contribution in [0, 0.1) is 17.2 Å². The fourth-order valence-electron chi connectivity index (χ4n) is 2.65. The van der Waals surface area contributed by atoms with Gasteiger partial charge >= 0.3 is 6.18 Å². The maximum absolute atomic E-state index is 13.7. The van der Waals surface area contributed by atoms with Crippen LogP contribution in [-0.2, 0) is 4.79 Å². The van der Waals surface area contributed by atoms with E-state index in [0.29, 0.717) is 5.56 Å². The molecule has 0 fully saturated rings. The SMILES string of the molecule is CC(C)C[C@H](N[C@@H](c1ccc(C=CC(C)(C)O)cc1)C(F)(F)F)C(=O)NCC#N. The third-order valence-electron chi connectivity index (χ3n) is 4.01. The van der Waals surface area contributed by atoms with E-state index in [0.717, 1.165) is 0 Å². The maximum Gasteiger partial charge on any atom is 0.407 e. The average molecular weight is 411 g/mol. The first-order valence-corrected chi connectivity index (χ1v) is 9.32. The number of nitrogens with one attached hydrogen (secondary N) is 2. The highest BCUT2D eigenvalue weighted by Crippen LogP contribution is 2.34. The number of alkyl halides is 3. The van der Waals surface area contributed by atoms with Crippen LogP contribution in [-0.4, -0.2) is 35.4 Å². The molecule has 0 bridgehead atoms. The molecule has 0 aliphatic heterocycles. The average Bonchev–Trinajstić information content (AvgIpc) is 2.60. The van der Waals surface area contributed by atoms with E-state index < -0.39 is 29.8 Å². The van der Waals surface area contributed by atoms with Crippen molar-refractivity contribution >= 4 is 12.0 Å². The fourth-order valence-corrected chi connectivity index (χ4v) is 2.65. The Kier molecular flexibility index (Phi) is 8.86. The zero-order valence-corrected chi connectivity index (χ0v) is 17.0. The molecule has 2 atom stereocenters. The molecule has 1 rings (SSSR count). The quantitative estimate of drug-likeness (QED) is 0.541. The van der Waals surface area contributed by atoms with E-state index in [1.54, 1.807) is 45.9 Å². The van der Waals surface area contributed by atoms with Crippen LogP contribution in [0.25, 0.3) is 6.08 Å². The van der Waals surface area contributed by atoms with E-state index >= 15 is 0 Å². The van der Waals surface area contributed by atoms with Gasteiger partial charge in [0.15, 0.2) is 0 Å². The summed E-state index contributed by atoms with van der Waals surface area (Å²) in [5, 5.41) is 23.1. The number of nitriles is 1. The van der Waals surface area contributed by atoms with E-state index in [1.807, 2.05) is 0 Å². The Morgan fingerprint density at radius 1 is 1.24 bits per heavy atom. The Bertz CT molecular complexity index is 730. The van der Waals surface area contributed by atoms with Crippen molar-refractivity contribution in [2.24, 2.45) is 5.92 Å². The van der Waals surface area contributed by atoms with Crippen molar-refractivity contribution in [1.29, 1.82) is 5.26 Å². The van der Waals surface area contributed by atoms with Crippen LogP contribution in [0.3, 0.4) is 0 Å². The Hall–Kier alpha value is -2.37. The van der Waals surface area contributed by atoms with Gasteiger partial charge in [-0.15, -0.1) is 0 Å². The maximum atomic E-state index is 13.7. The Balaban J connectivity index is 3.11. The van der Waals surface area contributed by atoms with Gasteiger partial charge in [0.1, 0.15) is 12.6 Å². The molecule has 8 heteroatoms. The van der Waals surface area contributed by atoms with Crippen molar-refractivity contribution < 1.29 is 23.1 Å². The number of hydrogen-bond donors (Lipinski definition) is 3. The number of amides is 1. The highest BCUT2D eigenvalue weighted by atomic mass is 19.4. The van der Waals surface area contributed by atoms with Crippen molar-refractivity contribution in [2.75, 3.05) is 6.54 Å². The first-order chi connectivity index (χ1) is 13.3. The largest absolute Gasteiger partial charge is 0.407 e. The lowest BCUT2D eigenvalue weighted by molar-refractivity contribution is -0.161. The molecule has 0 saturated heterocycles. The molecular weight excluding hydrogens is 383 g/mol. The summed E-state index contributed by atoms with van der Waals surface area (Å²) >= 11 is 0. The predicted octanol–water partition coefficient (Wildman–Crippen LogP) is 3.72. The van der Waals surface area contributed by atoms with E-state index in [9.17, 15) is 23.1 Å². The second kappa shape index (κ2) is 10.4. The second-order valence-corrected chi connectivity index (χ2v) is 7.85.